The van der Waals surface area contributed by atoms with Crippen LogP contribution < -0.4 is 9.47 Å². The van der Waals surface area contributed by atoms with E-state index in [2.05, 4.69) is 4.99 Å². The van der Waals surface area contributed by atoms with Crippen LogP contribution in [-0.2, 0) is 0 Å². The molecule has 0 aromatic heterocycles. The van der Waals surface area contributed by atoms with E-state index in [0.717, 1.165) is 28.3 Å². The van der Waals surface area contributed by atoms with Gasteiger partial charge in [-0.25, -0.2) is 4.99 Å². The summed E-state index contributed by atoms with van der Waals surface area (Å²) in [6.07, 6.45) is 1.67. The largest absolute Gasteiger partial charge is 0.464 e. The van der Waals surface area contributed by atoms with E-state index >= 15 is 0 Å². The normalized spacial score (nSPS) is 11.9. The van der Waals surface area contributed by atoms with E-state index < -0.39 is 0 Å². The molecule has 3 aromatic rings. The van der Waals surface area contributed by atoms with Gasteiger partial charge in [0.15, 0.2) is 0 Å². The van der Waals surface area contributed by atoms with E-state index in [9.17, 15) is 0 Å². The summed E-state index contributed by atoms with van der Waals surface area (Å²) in [5, 5.41) is 0. The van der Waals surface area contributed by atoms with Crippen molar-refractivity contribution in [2.24, 2.45) is 4.99 Å². The molecule has 0 atom stereocenters. The second-order valence-corrected chi connectivity index (χ2v) is 5.85. The number of ether oxygens (including phenoxy) is 2. The van der Waals surface area contributed by atoms with Crippen molar-refractivity contribution >= 4 is 11.6 Å². The third-order valence-electron chi connectivity index (χ3n) is 3.74. The van der Waals surface area contributed by atoms with Crippen molar-refractivity contribution in [2.45, 2.75) is 13.8 Å². The van der Waals surface area contributed by atoms with Gasteiger partial charge in [0, 0.05) is 5.57 Å². The SMILES string of the molecule is CC(=C\Oc1ccccc1C)/C(=N/c1ccccc1)Oc1ccccc1. The summed E-state index contributed by atoms with van der Waals surface area (Å²) < 4.78 is 11.8. The first-order valence-electron chi connectivity index (χ1n) is 8.48. The summed E-state index contributed by atoms with van der Waals surface area (Å²) in [4.78, 5) is 4.63. The molecule has 0 N–H and O–H groups in total. The number of hydrogen-bond donors (Lipinski definition) is 0. The van der Waals surface area contributed by atoms with Crippen LogP contribution >= 0.6 is 0 Å². The van der Waals surface area contributed by atoms with Crippen LogP contribution in [0.3, 0.4) is 0 Å². The Morgan fingerprint density at radius 2 is 1.42 bits per heavy atom. The number of rotatable bonds is 5. The lowest BCUT2D eigenvalue weighted by Crippen LogP contribution is -2.10. The highest BCUT2D eigenvalue weighted by molar-refractivity contribution is 5.96. The van der Waals surface area contributed by atoms with Gasteiger partial charge >= 0.3 is 0 Å². The second-order valence-electron chi connectivity index (χ2n) is 5.85. The lowest BCUT2D eigenvalue weighted by molar-refractivity contribution is 0.470. The smallest absolute Gasteiger partial charge is 0.225 e. The van der Waals surface area contributed by atoms with Crippen molar-refractivity contribution in [1.29, 1.82) is 0 Å². The van der Waals surface area contributed by atoms with Crippen LogP contribution in [0.15, 0.2) is 102 Å². The molecular weight excluding hydrogens is 322 g/mol. The van der Waals surface area contributed by atoms with Gasteiger partial charge in [0.25, 0.3) is 0 Å². The summed E-state index contributed by atoms with van der Waals surface area (Å²) in [7, 11) is 0. The van der Waals surface area contributed by atoms with Gasteiger partial charge in [-0.15, -0.1) is 0 Å². The summed E-state index contributed by atoms with van der Waals surface area (Å²) in [6.45, 7) is 3.93. The van der Waals surface area contributed by atoms with Crippen LogP contribution in [0, 0.1) is 6.92 Å². The molecule has 0 saturated carbocycles. The zero-order chi connectivity index (χ0) is 18.2. The predicted octanol–water partition coefficient (Wildman–Crippen LogP) is 6.09. The number of benzene rings is 3. The maximum absolute atomic E-state index is 6.00. The van der Waals surface area contributed by atoms with Crippen molar-refractivity contribution in [1.82, 2.24) is 0 Å². The Hall–Kier alpha value is -3.33. The Balaban J connectivity index is 1.88. The van der Waals surface area contributed by atoms with Gasteiger partial charge in [0.2, 0.25) is 5.90 Å². The molecule has 0 amide bonds. The summed E-state index contributed by atoms with van der Waals surface area (Å²) >= 11 is 0. The summed E-state index contributed by atoms with van der Waals surface area (Å²) in [5.74, 6) is 2.03. The fourth-order valence-corrected chi connectivity index (χ4v) is 2.30. The first-order valence-corrected chi connectivity index (χ1v) is 8.48. The van der Waals surface area contributed by atoms with Gasteiger partial charge in [-0.05, 0) is 49.7 Å². The Morgan fingerprint density at radius 1 is 0.808 bits per heavy atom. The number of para-hydroxylation sites is 3. The first kappa shape index (κ1) is 17.5. The average Bonchev–Trinajstić information content (AvgIpc) is 2.68. The van der Waals surface area contributed by atoms with E-state index in [4.69, 9.17) is 9.47 Å². The van der Waals surface area contributed by atoms with Crippen LogP contribution in [0.4, 0.5) is 5.69 Å². The zero-order valence-corrected chi connectivity index (χ0v) is 14.9. The van der Waals surface area contributed by atoms with E-state index in [0.29, 0.717) is 5.90 Å². The highest BCUT2D eigenvalue weighted by atomic mass is 16.5. The molecule has 0 fully saturated rings. The Kier molecular flexibility index (Phi) is 5.84. The van der Waals surface area contributed by atoms with Crippen molar-refractivity contribution in [3.63, 3.8) is 0 Å². The quantitative estimate of drug-likeness (QED) is 0.319. The zero-order valence-electron chi connectivity index (χ0n) is 14.9. The van der Waals surface area contributed by atoms with E-state index in [1.807, 2.05) is 98.8 Å². The lowest BCUT2D eigenvalue weighted by atomic mass is 10.2. The molecule has 0 heterocycles. The molecule has 0 saturated heterocycles. The second kappa shape index (κ2) is 8.67. The van der Waals surface area contributed by atoms with Crippen molar-refractivity contribution in [3.05, 3.63) is 102 Å². The predicted molar refractivity (Wildman–Crippen MR) is 106 cm³/mol. The Labute approximate surface area is 154 Å². The molecule has 0 aliphatic carbocycles. The van der Waals surface area contributed by atoms with Crippen molar-refractivity contribution in [3.8, 4) is 11.5 Å². The molecule has 0 aliphatic heterocycles. The minimum Gasteiger partial charge on any atom is -0.464 e. The van der Waals surface area contributed by atoms with Crippen LogP contribution in [0.2, 0.25) is 0 Å². The van der Waals surface area contributed by atoms with Gasteiger partial charge in [0.1, 0.15) is 11.5 Å². The summed E-state index contributed by atoms with van der Waals surface area (Å²) in [5.41, 5.74) is 2.69. The molecule has 130 valence electrons. The van der Waals surface area contributed by atoms with Gasteiger partial charge in [0.05, 0.1) is 11.9 Å². The van der Waals surface area contributed by atoms with Crippen LogP contribution in [0.5, 0.6) is 11.5 Å². The van der Waals surface area contributed by atoms with Crippen LogP contribution in [0.1, 0.15) is 12.5 Å². The van der Waals surface area contributed by atoms with E-state index in [-0.39, 0.29) is 0 Å². The Bertz CT molecular complexity index is 900. The highest BCUT2D eigenvalue weighted by Crippen LogP contribution is 2.19. The third-order valence-corrected chi connectivity index (χ3v) is 3.74. The van der Waals surface area contributed by atoms with Gasteiger partial charge in [-0.2, -0.15) is 0 Å². The van der Waals surface area contributed by atoms with Crippen LogP contribution in [0.25, 0.3) is 0 Å². The van der Waals surface area contributed by atoms with E-state index in [1.165, 1.54) is 0 Å². The van der Waals surface area contributed by atoms with Crippen molar-refractivity contribution in [2.75, 3.05) is 0 Å². The molecule has 0 spiro atoms. The maximum Gasteiger partial charge on any atom is 0.225 e. The Morgan fingerprint density at radius 3 is 2.12 bits per heavy atom. The minimum atomic E-state index is 0.496. The maximum atomic E-state index is 6.00. The van der Waals surface area contributed by atoms with E-state index in [1.54, 1.807) is 6.26 Å². The van der Waals surface area contributed by atoms with Crippen molar-refractivity contribution < 1.29 is 9.47 Å². The molecule has 0 radical (unpaired) electrons. The molecule has 3 rings (SSSR count). The van der Waals surface area contributed by atoms with Crippen LogP contribution in [-0.4, -0.2) is 5.90 Å². The molecule has 3 nitrogen and oxygen atoms in total. The molecule has 3 aromatic carbocycles. The number of nitrogens with zero attached hydrogens (tertiary/aromatic N) is 1. The number of aryl methyl sites for hydroxylation is 1. The molecule has 3 heteroatoms. The number of aliphatic imine (C=N–C) groups is 1. The lowest BCUT2D eigenvalue weighted by Gasteiger charge is -2.11. The van der Waals surface area contributed by atoms with Gasteiger partial charge in [-0.1, -0.05) is 54.6 Å². The topological polar surface area (TPSA) is 30.8 Å². The third kappa shape index (κ3) is 4.84. The van der Waals surface area contributed by atoms with Gasteiger partial charge < -0.3 is 9.47 Å². The molecule has 26 heavy (non-hydrogen) atoms. The summed E-state index contributed by atoms with van der Waals surface area (Å²) in [6, 6.07) is 27.2. The number of hydrogen-bond acceptors (Lipinski definition) is 3. The fourth-order valence-electron chi connectivity index (χ4n) is 2.30. The first-order chi connectivity index (χ1) is 12.7. The standard InChI is InChI=1S/C23H21NO2/c1-18-11-9-10-16-22(18)25-17-19(2)23(24-20-12-5-3-6-13-20)26-21-14-7-4-8-15-21/h3-17H,1-2H3/b19-17+,24-23-. The minimum absolute atomic E-state index is 0.496. The fraction of sp³-hybridized carbons (Fsp3) is 0.0870. The van der Waals surface area contributed by atoms with Gasteiger partial charge in [-0.3, -0.25) is 0 Å². The average molecular weight is 343 g/mol. The monoisotopic (exact) mass is 343 g/mol. The highest BCUT2D eigenvalue weighted by Gasteiger charge is 2.08. The molecule has 0 bridgehead atoms. The molecular formula is C23H21NO2. The molecule has 0 unspecified atom stereocenters. The molecule has 0 aliphatic rings.